The van der Waals surface area contributed by atoms with Gasteiger partial charge < -0.3 is 0 Å². The molecule has 0 radical (unpaired) electrons. The molecule has 0 saturated carbocycles. The van der Waals surface area contributed by atoms with E-state index in [9.17, 15) is 4.39 Å². The number of pyridine rings is 1. The zero-order chi connectivity index (χ0) is 12.5. The minimum atomic E-state index is -0.233. The Kier molecular flexibility index (Phi) is 2.56. The van der Waals surface area contributed by atoms with Gasteiger partial charge >= 0.3 is 0 Å². The third kappa shape index (κ3) is 1.66. The van der Waals surface area contributed by atoms with Crippen LogP contribution in [-0.4, -0.2) is 4.98 Å². The van der Waals surface area contributed by atoms with Crippen LogP contribution in [0.15, 0.2) is 54.7 Å². The highest BCUT2D eigenvalue weighted by Gasteiger charge is 2.10. The molecular weight excluding hydrogens is 225 g/mol. The normalized spacial score (nSPS) is 10.8. The largest absolute Gasteiger partial charge is 0.255 e. The lowest BCUT2D eigenvalue weighted by molar-refractivity contribution is 0.630. The lowest BCUT2D eigenvalue weighted by Crippen LogP contribution is -1.92. The summed E-state index contributed by atoms with van der Waals surface area (Å²) in [5.74, 6) is -0.233. The van der Waals surface area contributed by atoms with Gasteiger partial charge in [-0.3, -0.25) is 4.98 Å². The molecule has 0 aliphatic heterocycles. The average molecular weight is 237 g/mol. The highest BCUT2D eigenvalue weighted by Crippen LogP contribution is 2.28. The number of fused-ring (bicyclic) bond motifs is 1. The fraction of sp³-hybridized carbons (Fsp3) is 0.0625. The van der Waals surface area contributed by atoms with E-state index in [0.717, 1.165) is 16.3 Å². The second-order valence-corrected chi connectivity index (χ2v) is 4.30. The molecule has 0 bridgehead atoms. The van der Waals surface area contributed by atoms with Crippen molar-refractivity contribution in [3.05, 3.63) is 66.1 Å². The first-order valence-corrected chi connectivity index (χ1v) is 5.86. The Bertz CT molecular complexity index is 719. The van der Waals surface area contributed by atoms with Gasteiger partial charge in [-0.1, -0.05) is 36.4 Å². The Morgan fingerprint density at radius 2 is 1.67 bits per heavy atom. The van der Waals surface area contributed by atoms with Crippen molar-refractivity contribution in [3.8, 4) is 11.3 Å². The molecule has 18 heavy (non-hydrogen) atoms. The zero-order valence-electron chi connectivity index (χ0n) is 10.0. The molecule has 1 heterocycles. The monoisotopic (exact) mass is 237 g/mol. The Morgan fingerprint density at radius 3 is 2.50 bits per heavy atom. The van der Waals surface area contributed by atoms with Gasteiger partial charge in [-0.25, -0.2) is 4.39 Å². The number of aromatic nitrogens is 1. The van der Waals surface area contributed by atoms with Gasteiger partial charge in [0, 0.05) is 17.1 Å². The average Bonchev–Trinajstić information content (AvgIpc) is 2.41. The number of rotatable bonds is 1. The highest BCUT2D eigenvalue weighted by molar-refractivity contribution is 5.89. The summed E-state index contributed by atoms with van der Waals surface area (Å²) in [6.07, 6.45) is 1.80. The zero-order valence-corrected chi connectivity index (χ0v) is 10.0. The van der Waals surface area contributed by atoms with Crippen molar-refractivity contribution >= 4 is 10.8 Å². The van der Waals surface area contributed by atoms with Crippen LogP contribution < -0.4 is 0 Å². The van der Waals surface area contributed by atoms with E-state index in [1.807, 2.05) is 37.3 Å². The van der Waals surface area contributed by atoms with Crippen LogP contribution in [0.4, 0.5) is 4.39 Å². The van der Waals surface area contributed by atoms with Crippen LogP contribution in [0.1, 0.15) is 5.56 Å². The molecule has 1 nitrogen and oxygen atoms in total. The van der Waals surface area contributed by atoms with E-state index in [1.165, 1.54) is 6.07 Å². The molecule has 0 unspecified atom stereocenters. The fourth-order valence-corrected chi connectivity index (χ4v) is 2.23. The number of nitrogens with zero attached hydrogens (tertiary/aromatic N) is 1. The van der Waals surface area contributed by atoms with Crippen LogP contribution in [0.3, 0.4) is 0 Å². The predicted octanol–water partition coefficient (Wildman–Crippen LogP) is 4.35. The SMILES string of the molecule is Cc1c(-c2ccccc2F)ncc2ccccc12. The van der Waals surface area contributed by atoms with Crippen molar-refractivity contribution in [2.45, 2.75) is 6.92 Å². The molecule has 2 aromatic carbocycles. The van der Waals surface area contributed by atoms with Crippen molar-refractivity contribution in [2.75, 3.05) is 0 Å². The van der Waals surface area contributed by atoms with E-state index < -0.39 is 0 Å². The predicted molar refractivity (Wildman–Crippen MR) is 71.9 cm³/mol. The Hall–Kier alpha value is -2.22. The maximum Gasteiger partial charge on any atom is 0.132 e. The van der Waals surface area contributed by atoms with E-state index in [-0.39, 0.29) is 5.82 Å². The summed E-state index contributed by atoms with van der Waals surface area (Å²) in [5, 5.41) is 2.20. The topological polar surface area (TPSA) is 12.9 Å². The van der Waals surface area contributed by atoms with Crippen LogP contribution in [0.5, 0.6) is 0 Å². The lowest BCUT2D eigenvalue weighted by Gasteiger charge is -2.09. The molecule has 0 aliphatic rings. The molecule has 0 atom stereocenters. The van der Waals surface area contributed by atoms with Gasteiger partial charge in [-0.05, 0) is 30.0 Å². The van der Waals surface area contributed by atoms with Gasteiger partial charge in [0.2, 0.25) is 0 Å². The molecule has 3 rings (SSSR count). The van der Waals surface area contributed by atoms with Gasteiger partial charge in [0.15, 0.2) is 0 Å². The molecule has 1 aromatic heterocycles. The van der Waals surface area contributed by atoms with Crippen molar-refractivity contribution in [3.63, 3.8) is 0 Å². The third-order valence-corrected chi connectivity index (χ3v) is 3.18. The molecule has 0 aliphatic carbocycles. The standard InChI is InChI=1S/C16H12FN/c1-11-13-7-3-2-6-12(13)10-18-16(11)14-8-4-5-9-15(14)17/h2-10H,1H3. The molecular formula is C16H12FN. The maximum absolute atomic E-state index is 13.8. The van der Waals surface area contributed by atoms with Crippen LogP contribution in [0.2, 0.25) is 0 Å². The summed E-state index contributed by atoms with van der Waals surface area (Å²) in [4.78, 5) is 4.40. The summed E-state index contributed by atoms with van der Waals surface area (Å²) < 4.78 is 13.8. The third-order valence-electron chi connectivity index (χ3n) is 3.18. The lowest BCUT2D eigenvalue weighted by atomic mass is 10.0. The summed E-state index contributed by atoms with van der Waals surface area (Å²) in [5.41, 5.74) is 2.28. The number of benzene rings is 2. The summed E-state index contributed by atoms with van der Waals surface area (Å²) in [7, 11) is 0. The van der Waals surface area contributed by atoms with E-state index in [2.05, 4.69) is 4.98 Å². The number of hydrogen-bond donors (Lipinski definition) is 0. The second-order valence-electron chi connectivity index (χ2n) is 4.30. The molecule has 0 amide bonds. The quantitative estimate of drug-likeness (QED) is 0.613. The molecule has 0 saturated heterocycles. The van der Waals surface area contributed by atoms with Gasteiger partial charge in [-0.15, -0.1) is 0 Å². The minimum Gasteiger partial charge on any atom is -0.255 e. The Balaban J connectivity index is 2.31. The number of aryl methyl sites for hydroxylation is 1. The maximum atomic E-state index is 13.8. The Morgan fingerprint density at radius 1 is 0.944 bits per heavy atom. The van der Waals surface area contributed by atoms with Gasteiger partial charge in [0.1, 0.15) is 5.82 Å². The molecule has 2 heteroatoms. The summed E-state index contributed by atoms with van der Waals surface area (Å²) in [6.45, 7) is 1.98. The summed E-state index contributed by atoms with van der Waals surface area (Å²) in [6, 6.07) is 14.8. The summed E-state index contributed by atoms with van der Waals surface area (Å²) >= 11 is 0. The Labute approximate surface area is 105 Å². The minimum absolute atomic E-state index is 0.233. The van der Waals surface area contributed by atoms with Gasteiger partial charge in [-0.2, -0.15) is 0 Å². The van der Waals surface area contributed by atoms with Crippen molar-refractivity contribution in [1.82, 2.24) is 4.98 Å². The second kappa shape index (κ2) is 4.22. The smallest absolute Gasteiger partial charge is 0.132 e. The molecule has 0 spiro atoms. The van der Waals surface area contributed by atoms with Crippen molar-refractivity contribution in [1.29, 1.82) is 0 Å². The van der Waals surface area contributed by atoms with Gasteiger partial charge in [0.05, 0.1) is 5.69 Å². The van der Waals surface area contributed by atoms with Crippen LogP contribution in [0, 0.1) is 12.7 Å². The van der Waals surface area contributed by atoms with E-state index in [1.54, 1.807) is 18.3 Å². The van der Waals surface area contributed by atoms with Crippen LogP contribution >= 0.6 is 0 Å². The van der Waals surface area contributed by atoms with E-state index in [4.69, 9.17) is 0 Å². The van der Waals surface area contributed by atoms with Gasteiger partial charge in [0.25, 0.3) is 0 Å². The van der Waals surface area contributed by atoms with Crippen LogP contribution in [-0.2, 0) is 0 Å². The van der Waals surface area contributed by atoms with Crippen molar-refractivity contribution < 1.29 is 4.39 Å². The molecule has 3 aromatic rings. The van der Waals surface area contributed by atoms with E-state index in [0.29, 0.717) is 11.3 Å². The van der Waals surface area contributed by atoms with E-state index >= 15 is 0 Å². The fourth-order valence-electron chi connectivity index (χ4n) is 2.23. The van der Waals surface area contributed by atoms with Crippen LogP contribution in [0.25, 0.3) is 22.0 Å². The molecule has 0 fully saturated rings. The van der Waals surface area contributed by atoms with Crippen molar-refractivity contribution in [2.24, 2.45) is 0 Å². The molecule has 0 N–H and O–H groups in total. The number of hydrogen-bond acceptors (Lipinski definition) is 1. The first kappa shape index (κ1) is 10.9. The highest BCUT2D eigenvalue weighted by atomic mass is 19.1. The first-order chi connectivity index (χ1) is 8.77. The number of halogens is 1. The first-order valence-electron chi connectivity index (χ1n) is 5.86. The molecule has 88 valence electrons.